The van der Waals surface area contributed by atoms with E-state index in [1.54, 1.807) is 0 Å². The fourth-order valence-electron chi connectivity index (χ4n) is 1.89. The molecule has 0 heterocycles. The molecule has 0 N–H and O–H groups in total. The average molecular weight is 222 g/mol. The molecule has 2 aromatic carbocycles. The SMILES string of the molecule is [C-]#[N+]c1ccccc1N(CC)c1ccccc1. The third-order valence-electron chi connectivity index (χ3n) is 2.68. The van der Waals surface area contributed by atoms with Gasteiger partial charge < -0.3 is 4.90 Å². The van der Waals surface area contributed by atoms with Crippen molar-refractivity contribution in [2.45, 2.75) is 6.92 Å². The topological polar surface area (TPSA) is 7.60 Å². The average Bonchev–Trinajstić information content (AvgIpc) is 2.41. The minimum absolute atomic E-state index is 0.693. The van der Waals surface area contributed by atoms with E-state index in [-0.39, 0.29) is 0 Å². The lowest BCUT2D eigenvalue weighted by atomic mass is 10.2. The smallest absolute Gasteiger partial charge is 0.210 e. The Kier molecular flexibility index (Phi) is 3.42. The van der Waals surface area contributed by atoms with E-state index >= 15 is 0 Å². The van der Waals surface area contributed by atoms with Gasteiger partial charge in [0.1, 0.15) is 0 Å². The highest BCUT2D eigenvalue weighted by Gasteiger charge is 2.10. The van der Waals surface area contributed by atoms with Crippen molar-refractivity contribution in [3.05, 3.63) is 66.0 Å². The Morgan fingerprint density at radius 2 is 1.65 bits per heavy atom. The van der Waals surface area contributed by atoms with Gasteiger partial charge in [0.05, 0.1) is 6.57 Å². The standard InChI is InChI=1S/C15H14N2/c1-3-17(13-9-5-4-6-10-13)15-12-8-7-11-14(15)16-2/h4-12H,3H2,1H3. The number of para-hydroxylation sites is 3. The molecular weight excluding hydrogens is 208 g/mol. The zero-order valence-electron chi connectivity index (χ0n) is 9.80. The van der Waals surface area contributed by atoms with Crippen LogP contribution in [0.3, 0.4) is 0 Å². The second kappa shape index (κ2) is 5.18. The summed E-state index contributed by atoms with van der Waals surface area (Å²) in [5, 5.41) is 0. The van der Waals surface area contributed by atoms with Crippen molar-refractivity contribution < 1.29 is 0 Å². The minimum atomic E-state index is 0.693. The van der Waals surface area contributed by atoms with Crippen LogP contribution in [0.25, 0.3) is 4.85 Å². The highest BCUT2D eigenvalue weighted by molar-refractivity contribution is 5.76. The van der Waals surface area contributed by atoms with Crippen molar-refractivity contribution in [3.8, 4) is 0 Å². The van der Waals surface area contributed by atoms with Gasteiger partial charge in [-0.15, -0.1) is 0 Å². The molecule has 0 fully saturated rings. The summed E-state index contributed by atoms with van der Waals surface area (Å²) in [7, 11) is 0. The van der Waals surface area contributed by atoms with E-state index in [9.17, 15) is 0 Å². The predicted molar refractivity (Wildman–Crippen MR) is 71.8 cm³/mol. The van der Waals surface area contributed by atoms with Gasteiger partial charge in [0.2, 0.25) is 5.69 Å². The van der Waals surface area contributed by atoms with Crippen LogP contribution in [-0.2, 0) is 0 Å². The molecule has 0 aromatic heterocycles. The molecule has 0 saturated carbocycles. The van der Waals surface area contributed by atoms with Crippen LogP contribution in [0.1, 0.15) is 6.92 Å². The molecule has 2 aromatic rings. The summed E-state index contributed by atoms with van der Waals surface area (Å²) in [4.78, 5) is 5.72. The van der Waals surface area contributed by atoms with Crippen molar-refractivity contribution in [3.63, 3.8) is 0 Å². The van der Waals surface area contributed by atoms with Crippen molar-refractivity contribution in [2.24, 2.45) is 0 Å². The van der Waals surface area contributed by atoms with Gasteiger partial charge >= 0.3 is 0 Å². The Hall–Kier alpha value is -2.27. The van der Waals surface area contributed by atoms with Crippen LogP contribution in [-0.4, -0.2) is 6.54 Å². The van der Waals surface area contributed by atoms with Crippen molar-refractivity contribution >= 4 is 17.1 Å². The van der Waals surface area contributed by atoms with E-state index in [1.165, 1.54) is 0 Å². The molecular formula is C15H14N2. The second-order valence-electron chi connectivity index (χ2n) is 3.68. The third-order valence-corrected chi connectivity index (χ3v) is 2.68. The van der Waals surface area contributed by atoms with Crippen molar-refractivity contribution in [1.82, 2.24) is 0 Å². The van der Waals surface area contributed by atoms with Gasteiger partial charge in [-0.05, 0) is 25.1 Å². The Morgan fingerprint density at radius 3 is 2.29 bits per heavy atom. The Balaban J connectivity index is 2.47. The number of nitrogens with zero attached hydrogens (tertiary/aromatic N) is 2. The van der Waals surface area contributed by atoms with Crippen LogP contribution in [0, 0.1) is 6.57 Å². The summed E-state index contributed by atoms with van der Waals surface area (Å²) < 4.78 is 0. The van der Waals surface area contributed by atoms with Crippen LogP contribution in [0.2, 0.25) is 0 Å². The van der Waals surface area contributed by atoms with Crippen LogP contribution in [0.4, 0.5) is 17.1 Å². The Morgan fingerprint density at radius 1 is 1.00 bits per heavy atom. The molecule has 0 atom stereocenters. The normalized spacial score (nSPS) is 9.65. The van der Waals surface area contributed by atoms with Gasteiger partial charge in [-0.25, -0.2) is 4.85 Å². The molecule has 2 heteroatoms. The quantitative estimate of drug-likeness (QED) is 0.699. The first-order valence-electron chi connectivity index (χ1n) is 5.66. The molecule has 0 aliphatic rings. The Bertz CT molecular complexity index is 526. The lowest BCUT2D eigenvalue weighted by Crippen LogP contribution is -2.15. The lowest BCUT2D eigenvalue weighted by molar-refractivity contribution is 1.03. The first-order chi connectivity index (χ1) is 8.36. The van der Waals surface area contributed by atoms with E-state index < -0.39 is 0 Å². The van der Waals surface area contributed by atoms with Gasteiger partial charge in [0.25, 0.3) is 0 Å². The van der Waals surface area contributed by atoms with Crippen LogP contribution in [0.5, 0.6) is 0 Å². The fraction of sp³-hybridized carbons (Fsp3) is 0.133. The summed E-state index contributed by atoms with van der Waals surface area (Å²) >= 11 is 0. The van der Waals surface area contributed by atoms with E-state index in [0.29, 0.717) is 5.69 Å². The number of anilines is 2. The maximum atomic E-state index is 7.21. The fourth-order valence-corrected chi connectivity index (χ4v) is 1.89. The monoisotopic (exact) mass is 222 g/mol. The molecule has 84 valence electrons. The second-order valence-corrected chi connectivity index (χ2v) is 3.68. The van der Waals surface area contributed by atoms with Gasteiger partial charge in [0, 0.05) is 17.9 Å². The molecule has 0 bridgehead atoms. The van der Waals surface area contributed by atoms with Gasteiger partial charge in [-0.1, -0.05) is 36.4 Å². The summed E-state index contributed by atoms with van der Waals surface area (Å²) in [5.41, 5.74) is 2.78. The van der Waals surface area contributed by atoms with Crippen molar-refractivity contribution in [2.75, 3.05) is 11.4 Å². The summed E-state index contributed by atoms with van der Waals surface area (Å²) in [6.07, 6.45) is 0. The third kappa shape index (κ3) is 2.29. The molecule has 0 spiro atoms. The zero-order chi connectivity index (χ0) is 12.1. The van der Waals surface area contributed by atoms with Gasteiger partial charge in [0.15, 0.2) is 0 Å². The minimum Gasteiger partial charge on any atom is -0.351 e. The predicted octanol–water partition coefficient (Wildman–Crippen LogP) is 4.40. The highest BCUT2D eigenvalue weighted by atomic mass is 15.1. The number of hydrogen-bond donors (Lipinski definition) is 0. The van der Waals surface area contributed by atoms with E-state index in [0.717, 1.165) is 17.9 Å². The zero-order valence-corrected chi connectivity index (χ0v) is 9.80. The molecule has 17 heavy (non-hydrogen) atoms. The summed E-state index contributed by atoms with van der Waals surface area (Å²) in [5.74, 6) is 0. The maximum Gasteiger partial charge on any atom is 0.210 e. The first-order valence-corrected chi connectivity index (χ1v) is 5.66. The number of hydrogen-bond acceptors (Lipinski definition) is 1. The molecule has 0 saturated heterocycles. The van der Waals surface area contributed by atoms with E-state index in [2.05, 4.69) is 28.8 Å². The van der Waals surface area contributed by atoms with Crippen LogP contribution >= 0.6 is 0 Å². The molecule has 2 nitrogen and oxygen atoms in total. The first kappa shape index (κ1) is 11.2. The highest BCUT2D eigenvalue weighted by Crippen LogP contribution is 2.33. The van der Waals surface area contributed by atoms with Crippen molar-refractivity contribution in [1.29, 1.82) is 0 Å². The van der Waals surface area contributed by atoms with E-state index in [1.807, 2.05) is 42.5 Å². The van der Waals surface area contributed by atoms with Gasteiger partial charge in [-0.2, -0.15) is 0 Å². The molecule has 0 aliphatic heterocycles. The molecule has 0 amide bonds. The molecule has 0 radical (unpaired) electrons. The number of rotatable bonds is 3. The van der Waals surface area contributed by atoms with Crippen LogP contribution in [0.15, 0.2) is 54.6 Å². The maximum absolute atomic E-state index is 7.21. The Labute approximate surface area is 102 Å². The summed E-state index contributed by atoms with van der Waals surface area (Å²) in [6.45, 7) is 10.1. The summed E-state index contributed by atoms with van der Waals surface area (Å²) in [6, 6.07) is 17.9. The van der Waals surface area contributed by atoms with Crippen LogP contribution < -0.4 is 4.90 Å². The largest absolute Gasteiger partial charge is 0.351 e. The van der Waals surface area contributed by atoms with E-state index in [4.69, 9.17) is 6.57 Å². The molecule has 2 rings (SSSR count). The van der Waals surface area contributed by atoms with Gasteiger partial charge in [-0.3, -0.25) is 0 Å². The molecule has 0 aliphatic carbocycles. The number of benzene rings is 2. The molecule has 0 unspecified atom stereocenters. The lowest BCUT2D eigenvalue weighted by Gasteiger charge is -2.24.